The summed E-state index contributed by atoms with van der Waals surface area (Å²) in [5.41, 5.74) is 25.4. The number of hydrogen-bond acceptors (Lipinski definition) is 2. The Morgan fingerprint density at radius 3 is 1.10 bits per heavy atom. The van der Waals surface area contributed by atoms with Crippen molar-refractivity contribution in [3.05, 3.63) is 346 Å². The average molecular weight is 1230 g/mol. The molecular weight excluding hydrogens is 1180 g/mol. The quantitative estimate of drug-likeness (QED) is 0.121. The molecule has 97 heavy (non-hydrogen) atoms. The SMILES string of the molecule is c1ccc(B(c2ccccc2)c2ccc3oc4ccc(-c5cc(-c6ccc7oc8ccc(B(c9ccccc9)c9ccccc9)cc8c7c6)cc(-n6c7ccccc7c7ccc8c(c9ccccc9n8-c8ccc9c(c8)c8ccccc8n9-c8ccccc8)c76)c5)cc4c3c2)cc1. The van der Waals surface area contributed by atoms with E-state index in [4.69, 9.17) is 8.83 Å². The van der Waals surface area contributed by atoms with Crippen LogP contribution in [0, 0.1) is 0 Å². The van der Waals surface area contributed by atoms with E-state index in [1.165, 1.54) is 76.1 Å². The lowest BCUT2D eigenvalue weighted by molar-refractivity contribution is 0.668. The summed E-state index contributed by atoms with van der Waals surface area (Å²) in [4.78, 5) is 0. The smallest absolute Gasteiger partial charge is 0.241 e. The van der Waals surface area contributed by atoms with Gasteiger partial charge in [0.1, 0.15) is 22.3 Å². The van der Waals surface area contributed by atoms with Gasteiger partial charge < -0.3 is 22.5 Å². The average Bonchev–Trinajstić information content (AvgIpc) is 1.54. The van der Waals surface area contributed by atoms with Crippen molar-refractivity contribution in [1.82, 2.24) is 13.7 Å². The van der Waals surface area contributed by atoms with Crippen molar-refractivity contribution in [3.63, 3.8) is 0 Å². The largest absolute Gasteiger partial charge is 0.456 e. The number of rotatable bonds is 11. The zero-order chi connectivity index (χ0) is 63.7. The molecule has 450 valence electrons. The second kappa shape index (κ2) is 22.0. The fourth-order valence-corrected chi connectivity index (χ4v) is 16.1. The summed E-state index contributed by atoms with van der Waals surface area (Å²) < 4.78 is 20.9. The summed E-state index contributed by atoms with van der Waals surface area (Å²) in [5, 5.41) is 11.5. The van der Waals surface area contributed by atoms with Gasteiger partial charge in [0.2, 0.25) is 13.4 Å². The molecule has 0 unspecified atom stereocenters. The van der Waals surface area contributed by atoms with E-state index in [1.54, 1.807) is 0 Å². The second-order valence-electron chi connectivity index (χ2n) is 25.9. The molecule has 5 nitrogen and oxygen atoms in total. The highest BCUT2D eigenvalue weighted by atomic mass is 16.3. The van der Waals surface area contributed by atoms with Crippen molar-refractivity contribution in [2.45, 2.75) is 0 Å². The molecule has 0 fully saturated rings. The van der Waals surface area contributed by atoms with E-state index in [9.17, 15) is 0 Å². The number of benzene rings is 15. The van der Waals surface area contributed by atoms with Gasteiger partial charge in [-0.25, -0.2) is 0 Å². The van der Waals surface area contributed by atoms with Crippen LogP contribution in [0.25, 0.3) is 149 Å². The summed E-state index contributed by atoms with van der Waals surface area (Å²) in [5.74, 6) is 0. The lowest BCUT2D eigenvalue weighted by Gasteiger charge is -2.16. The molecule has 0 spiro atoms. The molecule has 0 N–H and O–H groups in total. The summed E-state index contributed by atoms with van der Waals surface area (Å²) in [6, 6.07) is 127. The first kappa shape index (κ1) is 54.9. The molecule has 0 amide bonds. The maximum atomic E-state index is 6.76. The van der Waals surface area contributed by atoms with Gasteiger partial charge in [-0.1, -0.05) is 269 Å². The number of para-hydroxylation sites is 4. The van der Waals surface area contributed by atoms with Crippen molar-refractivity contribution in [2.24, 2.45) is 0 Å². The number of aromatic nitrogens is 3. The van der Waals surface area contributed by atoms with Gasteiger partial charge in [-0.2, -0.15) is 0 Å². The first-order valence-electron chi connectivity index (χ1n) is 33.4. The molecular formula is C90H57B2N3O2. The Labute approximate surface area is 559 Å². The Hall–Kier alpha value is -12.6. The lowest BCUT2D eigenvalue weighted by Crippen LogP contribution is -2.51. The molecule has 0 bridgehead atoms. The Morgan fingerprint density at radius 1 is 0.196 bits per heavy atom. The van der Waals surface area contributed by atoms with Gasteiger partial charge in [0.15, 0.2) is 0 Å². The minimum Gasteiger partial charge on any atom is -0.456 e. The zero-order valence-corrected chi connectivity index (χ0v) is 52.7. The highest BCUT2D eigenvalue weighted by Gasteiger charge is 2.27. The first-order chi connectivity index (χ1) is 48.1. The monoisotopic (exact) mass is 1230 g/mol. The van der Waals surface area contributed by atoms with E-state index in [2.05, 4.69) is 359 Å². The van der Waals surface area contributed by atoms with Gasteiger partial charge in [0, 0.05) is 70.9 Å². The van der Waals surface area contributed by atoms with E-state index in [1.807, 2.05) is 0 Å². The summed E-state index contributed by atoms with van der Waals surface area (Å²) in [7, 11) is 0. The normalized spacial score (nSPS) is 11.9. The molecule has 0 saturated heterocycles. The van der Waals surface area contributed by atoms with Gasteiger partial charge in [-0.15, -0.1) is 0 Å². The van der Waals surface area contributed by atoms with Crippen molar-refractivity contribution in [2.75, 3.05) is 0 Å². The third-order valence-electron chi connectivity index (χ3n) is 20.4. The maximum Gasteiger partial charge on any atom is 0.241 e. The fraction of sp³-hybridized carbons (Fsp3) is 0. The van der Waals surface area contributed by atoms with Gasteiger partial charge in [0.05, 0.1) is 33.1 Å². The molecule has 15 aromatic carbocycles. The van der Waals surface area contributed by atoms with Crippen molar-refractivity contribution in [1.29, 1.82) is 0 Å². The number of hydrogen-bond donors (Lipinski definition) is 0. The Balaban J connectivity index is 0.817. The van der Waals surface area contributed by atoms with Gasteiger partial charge in [0.25, 0.3) is 0 Å². The van der Waals surface area contributed by atoms with Crippen LogP contribution in [-0.4, -0.2) is 27.1 Å². The van der Waals surface area contributed by atoms with Crippen molar-refractivity contribution >= 4 is 155 Å². The summed E-state index contributed by atoms with van der Waals surface area (Å²) in [6.45, 7) is 0.0705. The fourth-order valence-electron chi connectivity index (χ4n) is 16.1. The molecule has 0 saturated carbocycles. The highest BCUT2D eigenvalue weighted by Crippen LogP contribution is 2.45. The van der Waals surface area contributed by atoms with E-state index in [-0.39, 0.29) is 13.4 Å². The molecule has 0 aliphatic carbocycles. The molecule has 0 aliphatic heterocycles. The lowest BCUT2D eigenvalue weighted by atomic mass is 9.37. The second-order valence-corrected chi connectivity index (χ2v) is 25.9. The molecule has 20 aromatic rings. The van der Waals surface area contributed by atoms with E-state index in [0.29, 0.717) is 0 Å². The number of nitrogens with zero attached hydrogens (tertiary/aromatic N) is 3. The van der Waals surface area contributed by atoms with Gasteiger partial charge >= 0.3 is 0 Å². The van der Waals surface area contributed by atoms with Crippen LogP contribution in [0.5, 0.6) is 0 Å². The molecule has 0 atom stereocenters. The van der Waals surface area contributed by atoms with Gasteiger partial charge in [-0.3, -0.25) is 0 Å². The third-order valence-corrected chi connectivity index (χ3v) is 20.4. The van der Waals surface area contributed by atoms with E-state index >= 15 is 0 Å². The Morgan fingerprint density at radius 2 is 0.588 bits per heavy atom. The van der Waals surface area contributed by atoms with Crippen LogP contribution in [0.3, 0.4) is 0 Å². The van der Waals surface area contributed by atoms with E-state index < -0.39 is 0 Å². The third kappa shape index (κ3) is 8.82. The van der Waals surface area contributed by atoms with Crippen LogP contribution in [0.15, 0.2) is 355 Å². The standard InChI is InChI=1S/C90H57B2N3O2/c1-6-22-62(23-7-1)91(63-24-8-2-9-25-63)66-40-48-87-78(55-66)76-53-58(38-46-85(76)96-87)60-50-61(59-39-47-86-77(54-59)79-56-67(41-49-88(79)97-86)92(64-26-10-3-11-27-64)65-28-12-4-13-29-65)52-70(51-60)95-81-36-20-16-32-71(81)73-43-45-84-89(90(73)95)74-34-18-21-37-82(74)94(84)69-42-44-83-75(57-69)72-33-17-19-35-80(72)93(83)68-30-14-5-15-31-68/h1-57H. The summed E-state index contributed by atoms with van der Waals surface area (Å²) in [6.07, 6.45) is 0. The molecule has 0 radical (unpaired) electrons. The maximum absolute atomic E-state index is 6.76. The van der Waals surface area contributed by atoms with Crippen molar-refractivity contribution < 1.29 is 8.83 Å². The topological polar surface area (TPSA) is 41.1 Å². The molecule has 5 heterocycles. The first-order valence-corrected chi connectivity index (χ1v) is 33.4. The van der Waals surface area contributed by atoms with Crippen LogP contribution >= 0.6 is 0 Å². The van der Waals surface area contributed by atoms with Crippen LogP contribution in [0.1, 0.15) is 0 Å². The molecule has 20 rings (SSSR count). The van der Waals surface area contributed by atoms with Crippen LogP contribution in [-0.2, 0) is 0 Å². The predicted octanol–water partition coefficient (Wildman–Crippen LogP) is 19.1. The minimum absolute atomic E-state index is 0.0353. The zero-order valence-electron chi connectivity index (χ0n) is 52.7. The minimum atomic E-state index is 0.0353. The summed E-state index contributed by atoms with van der Waals surface area (Å²) >= 11 is 0. The molecule has 7 heteroatoms. The highest BCUT2D eigenvalue weighted by molar-refractivity contribution is 6.96. The molecule has 0 aliphatic rings. The van der Waals surface area contributed by atoms with Crippen molar-refractivity contribution in [3.8, 4) is 39.3 Å². The number of fused-ring (bicyclic) bond motifs is 16. The van der Waals surface area contributed by atoms with E-state index in [0.717, 1.165) is 105 Å². The van der Waals surface area contributed by atoms with Crippen LogP contribution in [0.4, 0.5) is 0 Å². The number of furan rings is 2. The van der Waals surface area contributed by atoms with Crippen LogP contribution < -0.4 is 32.8 Å². The molecule has 5 aromatic heterocycles. The predicted molar refractivity (Wildman–Crippen MR) is 410 cm³/mol. The van der Waals surface area contributed by atoms with Gasteiger partial charge in [-0.05, 0) is 131 Å². The Bertz CT molecular complexity index is 6210. The Kier molecular flexibility index (Phi) is 12.5. The van der Waals surface area contributed by atoms with Crippen LogP contribution in [0.2, 0.25) is 0 Å².